The van der Waals surface area contributed by atoms with Crippen molar-refractivity contribution in [1.82, 2.24) is 0 Å². The molecule has 2 atom stereocenters. The zero-order chi connectivity index (χ0) is 7.28. The van der Waals surface area contributed by atoms with Crippen LogP contribution < -0.4 is 0 Å². The highest BCUT2D eigenvalue weighted by Crippen LogP contribution is 2.06. The number of hydrogen-bond donors (Lipinski definition) is 4. The minimum Gasteiger partial charge on any atom is -0.395 e. The molecule has 4 heteroatoms. The second-order valence-corrected chi connectivity index (χ2v) is 2.81. The summed E-state index contributed by atoms with van der Waals surface area (Å²) in [5, 5.41) is 12.1. The van der Waals surface area contributed by atoms with Gasteiger partial charge in [-0.1, -0.05) is 0 Å². The Bertz CT molecular complexity index is 73.6. The van der Waals surface area contributed by atoms with Gasteiger partial charge in [0.2, 0.25) is 1.43 Å². The fraction of sp³-hybridized carbons (Fsp3) is 1.00. The van der Waals surface area contributed by atoms with Crippen LogP contribution in [0.3, 0.4) is 0 Å². The van der Waals surface area contributed by atoms with Crippen molar-refractivity contribution in [2.24, 2.45) is 0 Å². The van der Waals surface area contributed by atoms with Gasteiger partial charge < -0.3 is 10.2 Å². The van der Waals surface area contributed by atoms with Gasteiger partial charge >= 0.3 is 0 Å². The first kappa shape index (κ1) is 6.74. The Morgan fingerprint density at radius 1 is 1.38 bits per heavy atom. The van der Waals surface area contributed by atoms with E-state index < -0.39 is 0 Å². The molecular weight excluding hydrogens is 144 g/mol. The van der Waals surface area contributed by atoms with Gasteiger partial charge in [0.05, 0.1) is 13.2 Å². The predicted molar refractivity (Wildman–Crippen MR) is 39.7 cm³/mol. The van der Waals surface area contributed by atoms with Crippen LogP contribution in [-0.2, 0) is 0 Å². The standard InChI is InChI=1S/C4H10O2S2/c5-1-3(7)4(8)2-6/h3-8H,1-2H2/t3-,4-/m1/s1/i5D. The largest absolute Gasteiger partial charge is 0.395 e. The molecular formula is C4H10O2S2. The summed E-state index contributed by atoms with van der Waals surface area (Å²) in [6.07, 6.45) is 0. The van der Waals surface area contributed by atoms with E-state index >= 15 is 0 Å². The fourth-order valence-electron chi connectivity index (χ4n) is 0.233. The Labute approximate surface area is 61.2 Å². The van der Waals surface area contributed by atoms with Gasteiger partial charge in [0.25, 0.3) is 0 Å². The van der Waals surface area contributed by atoms with Crippen molar-refractivity contribution in [2.45, 2.75) is 10.5 Å². The van der Waals surface area contributed by atoms with Crippen molar-refractivity contribution in [2.75, 3.05) is 13.2 Å². The van der Waals surface area contributed by atoms with E-state index in [1.54, 1.807) is 0 Å². The van der Waals surface area contributed by atoms with Crippen LogP contribution in [0.25, 0.3) is 0 Å². The third kappa shape index (κ3) is 2.81. The Morgan fingerprint density at radius 3 is 2.25 bits per heavy atom. The molecule has 0 unspecified atom stereocenters. The van der Waals surface area contributed by atoms with Crippen LogP contribution in [0.1, 0.15) is 0 Å². The van der Waals surface area contributed by atoms with E-state index in [1.807, 2.05) is 0 Å². The molecule has 0 fully saturated rings. The predicted octanol–water partition coefficient (Wildman–Crippen LogP) is -0.432. The Hall–Kier alpha value is 0.620. The van der Waals surface area contributed by atoms with Crippen molar-refractivity contribution in [1.29, 1.82) is 1.43 Å². The quantitative estimate of drug-likeness (QED) is 0.416. The molecule has 2 N–H and O–H groups in total. The SMILES string of the molecule is [2H]OC[C@@H](S)[C@H](S)CO. The van der Waals surface area contributed by atoms with E-state index in [-0.39, 0.29) is 23.7 Å². The third-order valence-corrected chi connectivity index (χ3v) is 2.07. The molecule has 0 radical (unpaired) electrons. The van der Waals surface area contributed by atoms with E-state index in [1.165, 1.54) is 0 Å². The molecule has 8 heavy (non-hydrogen) atoms. The molecule has 0 rings (SSSR count). The van der Waals surface area contributed by atoms with E-state index in [4.69, 9.17) is 6.54 Å². The lowest BCUT2D eigenvalue weighted by molar-refractivity contribution is 0.254. The summed E-state index contributed by atoms with van der Waals surface area (Å²) < 4.78 is 6.34. The molecule has 0 aliphatic rings. The Kier molecular flexibility index (Phi) is 3.78. The van der Waals surface area contributed by atoms with Crippen LogP contribution in [0, 0.1) is 0 Å². The minimum atomic E-state index is -0.210. The first-order chi connectivity index (χ1) is 4.22. The monoisotopic (exact) mass is 155 g/mol. The summed E-state index contributed by atoms with van der Waals surface area (Å²) in [4.78, 5) is 0. The van der Waals surface area contributed by atoms with E-state index in [0.29, 0.717) is 0 Å². The van der Waals surface area contributed by atoms with Gasteiger partial charge in [-0.05, 0) is 0 Å². The summed E-state index contributed by atoms with van der Waals surface area (Å²) in [5.74, 6) is 0. The first-order valence-electron chi connectivity index (χ1n) is 2.68. The van der Waals surface area contributed by atoms with Crippen molar-refractivity contribution >= 4 is 25.3 Å². The van der Waals surface area contributed by atoms with Crippen LogP contribution in [0.4, 0.5) is 0 Å². The van der Waals surface area contributed by atoms with Crippen LogP contribution >= 0.6 is 25.3 Å². The molecule has 0 amide bonds. The van der Waals surface area contributed by atoms with Crippen molar-refractivity contribution in [3.63, 3.8) is 0 Å². The second kappa shape index (κ2) is 4.49. The summed E-state index contributed by atoms with van der Waals surface area (Å²) in [5.41, 5.74) is 0. The number of rotatable bonds is 4. The van der Waals surface area contributed by atoms with Crippen LogP contribution in [0.15, 0.2) is 0 Å². The molecule has 0 saturated heterocycles. The smallest absolute Gasteiger partial charge is 0.210 e. The van der Waals surface area contributed by atoms with E-state index in [2.05, 4.69) is 30.4 Å². The molecule has 0 heterocycles. The second-order valence-electron chi connectivity index (χ2n) is 1.48. The lowest BCUT2D eigenvalue weighted by Crippen LogP contribution is -2.22. The fourth-order valence-corrected chi connectivity index (χ4v) is 0.413. The maximum Gasteiger partial charge on any atom is 0.210 e. The van der Waals surface area contributed by atoms with Crippen LogP contribution in [0.2, 0.25) is 0 Å². The zero-order valence-electron chi connectivity index (χ0n) is 5.32. The lowest BCUT2D eigenvalue weighted by Gasteiger charge is -2.11. The average Bonchev–Trinajstić information content (AvgIpc) is 1.87. The van der Waals surface area contributed by atoms with Gasteiger partial charge in [-0.3, -0.25) is 0 Å². The van der Waals surface area contributed by atoms with Crippen molar-refractivity contribution in [3.8, 4) is 0 Å². The van der Waals surface area contributed by atoms with Crippen LogP contribution in [-0.4, -0.2) is 35.4 Å². The molecule has 2 nitrogen and oxygen atoms in total. The van der Waals surface area contributed by atoms with Crippen LogP contribution in [0.5, 0.6) is 0 Å². The molecule has 0 aliphatic heterocycles. The maximum absolute atomic E-state index is 8.49. The zero-order valence-corrected chi connectivity index (χ0v) is 6.11. The first-order valence-corrected chi connectivity index (χ1v) is 3.30. The molecule has 50 valence electrons. The minimum absolute atomic E-state index is 0.0410. The molecule has 0 spiro atoms. The number of aliphatic hydroxyl groups is 2. The molecule has 0 saturated carbocycles. The molecule has 0 aliphatic carbocycles. The average molecular weight is 155 g/mol. The Morgan fingerprint density at radius 2 is 1.88 bits per heavy atom. The van der Waals surface area contributed by atoms with Gasteiger partial charge in [-0.15, -0.1) is 0 Å². The highest BCUT2D eigenvalue weighted by Gasteiger charge is 2.10. The third-order valence-electron chi connectivity index (χ3n) is 0.802. The molecule has 0 bridgehead atoms. The normalized spacial score (nSPS) is 19.6. The van der Waals surface area contributed by atoms with Gasteiger partial charge in [0.1, 0.15) is 0 Å². The van der Waals surface area contributed by atoms with E-state index in [0.717, 1.165) is 0 Å². The number of thiol groups is 2. The number of aliphatic hydroxyl groups excluding tert-OH is 2. The highest BCUT2D eigenvalue weighted by molar-refractivity contribution is 7.85. The van der Waals surface area contributed by atoms with Gasteiger partial charge in [0.15, 0.2) is 0 Å². The number of hydrogen-bond acceptors (Lipinski definition) is 4. The van der Waals surface area contributed by atoms with Crippen molar-refractivity contribution in [3.05, 3.63) is 0 Å². The summed E-state index contributed by atoms with van der Waals surface area (Å²) in [6, 6.07) is 0. The highest BCUT2D eigenvalue weighted by atomic mass is 32.1. The summed E-state index contributed by atoms with van der Waals surface area (Å²) >= 11 is 7.97. The lowest BCUT2D eigenvalue weighted by atomic mass is 10.3. The van der Waals surface area contributed by atoms with Gasteiger partial charge in [-0.25, -0.2) is 0 Å². The molecule has 0 aromatic rings. The summed E-state index contributed by atoms with van der Waals surface area (Å²) in [6.45, 7) is 0.151. The van der Waals surface area contributed by atoms with Gasteiger partial charge in [-0.2, -0.15) is 25.3 Å². The molecule has 0 aromatic carbocycles. The molecule has 0 aromatic heterocycles. The van der Waals surface area contributed by atoms with E-state index in [9.17, 15) is 0 Å². The van der Waals surface area contributed by atoms with Crippen molar-refractivity contribution < 1.29 is 10.2 Å². The Balaban J connectivity index is 3.32. The maximum atomic E-state index is 8.49. The summed E-state index contributed by atoms with van der Waals surface area (Å²) in [7, 11) is 0. The van der Waals surface area contributed by atoms with Gasteiger partial charge in [0, 0.05) is 10.5 Å². The topological polar surface area (TPSA) is 40.5 Å².